The fourth-order valence-corrected chi connectivity index (χ4v) is 4.23. The molecule has 0 aromatic carbocycles. The zero-order valence-corrected chi connectivity index (χ0v) is 14.5. The van der Waals surface area contributed by atoms with Gasteiger partial charge in [0.25, 0.3) is 0 Å². The average molecular weight is 346 g/mol. The molecule has 0 radical (unpaired) electrons. The predicted molar refractivity (Wildman–Crippen MR) is 91.9 cm³/mol. The van der Waals surface area contributed by atoms with Gasteiger partial charge < -0.3 is 9.64 Å². The topological polar surface area (TPSA) is 67.3 Å². The van der Waals surface area contributed by atoms with E-state index in [1.807, 2.05) is 23.8 Å². The monoisotopic (exact) mass is 346 g/mol. The van der Waals surface area contributed by atoms with E-state index in [2.05, 4.69) is 29.4 Å². The van der Waals surface area contributed by atoms with Crippen molar-refractivity contribution in [3.05, 3.63) is 29.5 Å². The van der Waals surface area contributed by atoms with Crippen LogP contribution in [-0.2, 0) is 11.3 Å². The highest BCUT2D eigenvalue weighted by Gasteiger charge is 2.39. The summed E-state index contributed by atoms with van der Waals surface area (Å²) in [4.78, 5) is 13.6. The van der Waals surface area contributed by atoms with Crippen molar-refractivity contribution in [2.75, 3.05) is 44.3 Å². The second kappa shape index (κ2) is 7.08. The number of nitrogens with zero attached hydrogens (tertiary/aromatic N) is 6. The lowest BCUT2D eigenvalue weighted by atomic mass is 9.80. The lowest BCUT2D eigenvalue weighted by Crippen LogP contribution is -2.50. The van der Waals surface area contributed by atoms with E-state index in [9.17, 15) is 0 Å². The summed E-state index contributed by atoms with van der Waals surface area (Å²) >= 11 is 1.42. The van der Waals surface area contributed by atoms with Crippen LogP contribution in [-0.4, -0.2) is 63.8 Å². The van der Waals surface area contributed by atoms with E-state index in [-0.39, 0.29) is 5.41 Å². The van der Waals surface area contributed by atoms with Gasteiger partial charge in [0.05, 0.1) is 18.9 Å². The summed E-state index contributed by atoms with van der Waals surface area (Å²) in [6, 6.07) is 1.86. The van der Waals surface area contributed by atoms with Gasteiger partial charge in [-0.1, -0.05) is 4.49 Å². The van der Waals surface area contributed by atoms with Crippen LogP contribution in [0.2, 0.25) is 0 Å². The van der Waals surface area contributed by atoms with Crippen LogP contribution in [0.4, 0.5) is 5.95 Å². The number of anilines is 1. The first-order valence-electron chi connectivity index (χ1n) is 8.41. The van der Waals surface area contributed by atoms with Crippen LogP contribution >= 0.6 is 11.5 Å². The Balaban J connectivity index is 1.49. The van der Waals surface area contributed by atoms with Gasteiger partial charge >= 0.3 is 0 Å². The van der Waals surface area contributed by atoms with Crippen molar-refractivity contribution in [3.8, 4) is 0 Å². The van der Waals surface area contributed by atoms with Crippen molar-refractivity contribution in [1.29, 1.82) is 0 Å². The van der Waals surface area contributed by atoms with Crippen LogP contribution in [0.3, 0.4) is 0 Å². The molecular formula is C16H22N6OS. The van der Waals surface area contributed by atoms with E-state index >= 15 is 0 Å². The second-order valence-corrected chi connectivity index (χ2v) is 7.34. The quantitative estimate of drug-likeness (QED) is 0.833. The number of ether oxygens (including phenoxy) is 1. The molecule has 7 nitrogen and oxygen atoms in total. The number of aromatic nitrogens is 4. The predicted octanol–water partition coefficient (Wildman–Crippen LogP) is 1.45. The lowest BCUT2D eigenvalue weighted by molar-refractivity contribution is 0.0103. The Kier molecular flexibility index (Phi) is 4.68. The van der Waals surface area contributed by atoms with E-state index in [0.29, 0.717) is 0 Å². The highest BCUT2D eigenvalue weighted by atomic mass is 32.1. The minimum Gasteiger partial charge on any atom is -0.379 e. The first-order valence-corrected chi connectivity index (χ1v) is 9.25. The normalized spacial score (nSPS) is 25.8. The van der Waals surface area contributed by atoms with Crippen LogP contribution in [0.5, 0.6) is 0 Å². The minimum absolute atomic E-state index is 0.136. The molecule has 2 aliphatic rings. The maximum atomic E-state index is 5.97. The third-order valence-corrected chi connectivity index (χ3v) is 5.36. The molecule has 1 spiro atoms. The van der Waals surface area contributed by atoms with Gasteiger partial charge in [0.2, 0.25) is 5.95 Å². The summed E-state index contributed by atoms with van der Waals surface area (Å²) in [7, 11) is 0. The fraction of sp³-hybridized carbons (Fsp3) is 0.625. The fourth-order valence-electron chi connectivity index (χ4n) is 3.79. The number of rotatable bonds is 3. The molecule has 24 heavy (non-hydrogen) atoms. The maximum absolute atomic E-state index is 5.97. The molecule has 1 atom stereocenters. The molecule has 8 heteroatoms. The van der Waals surface area contributed by atoms with E-state index < -0.39 is 0 Å². The van der Waals surface area contributed by atoms with E-state index in [1.54, 1.807) is 0 Å². The summed E-state index contributed by atoms with van der Waals surface area (Å²) in [5.41, 5.74) is 1.20. The molecule has 0 amide bonds. The van der Waals surface area contributed by atoms with Crippen molar-refractivity contribution in [2.24, 2.45) is 5.41 Å². The molecule has 128 valence electrons. The molecule has 4 heterocycles. The van der Waals surface area contributed by atoms with Gasteiger partial charge in [0, 0.05) is 49.4 Å². The average Bonchev–Trinajstić information content (AvgIpc) is 3.03. The molecule has 0 unspecified atom stereocenters. The zero-order valence-electron chi connectivity index (χ0n) is 13.7. The minimum atomic E-state index is 0.136. The zero-order chi connectivity index (χ0) is 16.2. The first kappa shape index (κ1) is 15.9. The highest BCUT2D eigenvalue weighted by molar-refractivity contribution is 7.03. The maximum Gasteiger partial charge on any atom is 0.225 e. The lowest BCUT2D eigenvalue weighted by Gasteiger charge is -2.43. The third kappa shape index (κ3) is 3.55. The van der Waals surface area contributed by atoms with Gasteiger partial charge in [-0.3, -0.25) is 4.90 Å². The summed E-state index contributed by atoms with van der Waals surface area (Å²) in [5, 5.41) is 6.23. The molecular weight excluding hydrogens is 324 g/mol. The Morgan fingerprint density at radius 2 is 2.12 bits per heavy atom. The number of piperidine rings is 1. The Hall–Kier alpha value is -1.64. The van der Waals surface area contributed by atoms with Gasteiger partial charge in [-0.25, -0.2) is 9.97 Å². The first-order chi connectivity index (χ1) is 11.8. The van der Waals surface area contributed by atoms with E-state index in [1.165, 1.54) is 24.4 Å². The van der Waals surface area contributed by atoms with Crippen molar-refractivity contribution in [3.63, 3.8) is 0 Å². The molecule has 0 saturated carbocycles. The Bertz CT molecular complexity index is 639. The Morgan fingerprint density at radius 1 is 1.21 bits per heavy atom. The molecule has 2 aromatic rings. The number of likely N-dealkylation sites (tertiary alicyclic amines) is 1. The Labute approximate surface area is 145 Å². The molecule has 2 aromatic heterocycles. The van der Waals surface area contributed by atoms with Crippen LogP contribution in [0.25, 0.3) is 0 Å². The highest BCUT2D eigenvalue weighted by Crippen LogP contribution is 2.34. The van der Waals surface area contributed by atoms with Gasteiger partial charge in [0.15, 0.2) is 0 Å². The number of hydrogen-bond donors (Lipinski definition) is 0. The number of hydrogen-bond acceptors (Lipinski definition) is 8. The van der Waals surface area contributed by atoms with Gasteiger partial charge in [-0.15, -0.1) is 5.10 Å². The molecule has 2 saturated heterocycles. The molecule has 0 aliphatic carbocycles. The van der Waals surface area contributed by atoms with E-state index in [4.69, 9.17) is 4.74 Å². The van der Waals surface area contributed by atoms with E-state index in [0.717, 1.165) is 57.6 Å². The van der Waals surface area contributed by atoms with Crippen molar-refractivity contribution in [1.82, 2.24) is 24.5 Å². The van der Waals surface area contributed by atoms with Crippen molar-refractivity contribution >= 4 is 17.5 Å². The van der Waals surface area contributed by atoms with Gasteiger partial charge in [0.1, 0.15) is 0 Å². The van der Waals surface area contributed by atoms with Gasteiger partial charge in [-0.2, -0.15) is 0 Å². The molecule has 2 fully saturated rings. The summed E-state index contributed by atoms with van der Waals surface area (Å²) in [5.74, 6) is 0.809. The second-order valence-electron chi connectivity index (χ2n) is 6.73. The molecule has 4 rings (SSSR count). The molecule has 2 aliphatic heterocycles. The summed E-state index contributed by atoms with van der Waals surface area (Å²) < 4.78 is 9.95. The van der Waals surface area contributed by atoms with Gasteiger partial charge in [-0.05, 0) is 37.0 Å². The van der Waals surface area contributed by atoms with Crippen LogP contribution < -0.4 is 4.90 Å². The van der Waals surface area contributed by atoms with Crippen molar-refractivity contribution < 1.29 is 4.74 Å². The van der Waals surface area contributed by atoms with Crippen LogP contribution in [0.1, 0.15) is 18.5 Å². The standard InChI is InChI=1S/C16H22N6OS/c1-3-16(11-21(6-1)9-14-10-24-20-19-14)12-22(7-8-23-13-16)15-17-4-2-5-18-15/h2,4-5,10H,1,3,6-9,11-13H2/t16-/m0/s1. The largest absolute Gasteiger partial charge is 0.379 e. The summed E-state index contributed by atoms with van der Waals surface area (Å²) in [6.45, 7) is 6.35. The SMILES string of the molecule is c1cnc(N2CCOC[C@]3(CCCN(Cc4csnn4)C3)C2)nc1. The smallest absolute Gasteiger partial charge is 0.225 e. The van der Waals surface area contributed by atoms with Crippen LogP contribution in [0.15, 0.2) is 23.8 Å². The summed E-state index contributed by atoms with van der Waals surface area (Å²) in [6.07, 6.45) is 5.99. The molecule has 0 N–H and O–H groups in total. The Morgan fingerprint density at radius 3 is 2.96 bits per heavy atom. The van der Waals surface area contributed by atoms with Crippen molar-refractivity contribution in [2.45, 2.75) is 19.4 Å². The third-order valence-electron chi connectivity index (χ3n) is 4.81. The molecule has 0 bridgehead atoms. The van der Waals surface area contributed by atoms with Crippen LogP contribution in [0, 0.1) is 5.41 Å².